The van der Waals surface area contributed by atoms with Gasteiger partial charge in [-0.15, -0.1) is 11.6 Å². The number of hydrogen-bond donors (Lipinski definition) is 0. The predicted octanol–water partition coefficient (Wildman–Crippen LogP) is 3.81. The highest BCUT2D eigenvalue weighted by Gasteiger charge is 2.18. The van der Waals surface area contributed by atoms with Crippen molar-refractivity contribution < 1.29 is 0 Å². The summed E-state index contributed by atoms with van der Waals surface area (Å²) in [4.78, 5) is 4.70. The Kier molecular flexibility index (Phi) is 3.68. The van der Waals surface area contributed by atoms with Gasteiger partial charge in [0, 0.05) is 24.4 Å². The van der Waals surface area contributed by atoms with Gasteiger partial charge in [-0.3, -0.25) is 4.57 Å². The molecule has 0 aliphatic carbocycles. The van der Waals surface area contributed by atoms with E-state index in [4.69, 9.17) is 28.2 Å². The van der Waals surface area contributed by atoms with Crippen LogP contribution in [-0.2, 0) is 13.5 Å². The van der Waals surface area contributed by atoms with E-state index in [0.717, 1.165) is 39.0 Å². The number of rotatable bonds is 3. The Hall–Kier alpha value is -1.52. The summed E-state index contributed by atoms with van der Waals surface area (Å²) >= 11 is 12.2. The van der Waals surface area contributed by atoms with Gasteiger partial charge < -0.3 is 0 Å². The Balaban J connectivity index is 2.32. The van der Waals surface area contributed by atoms with Crippen molar-refractivity contribution in [1.82, 2.24) is 19.3 Å². The van der Waals surface area contributed by atoms with Crippen LogP contribution in [0.4, 0.5) is 0 Å². The second kappa shape index (κ2) is 5.35. The summed E-state index contributed by atoms with van der Waals surface area (Å²) in [5.74, 6) is 1.45. The van der Waals surface area contributed by atoms with Gasteiger partial charge in [0.05, 0.1) is 11.4 Å². The maximum Gasteiger partial charge on any atom is 0.163 e. The lowest BCUT2D eigenvalue weighted by molar-refractivity contribution is 0.751. The monoisotopic (exact) mass is 322 g/mol. The third-order valence-electron chi connectivity index (χ3n) is 3.60. The van der Waals surface area contributed by atoms with Gasteiger partial charge in [0.15, 0.2) is 5.65 Å². The first-order valence-electron chi connectivity index (χ1n) is 6.76. The minimum atomic E-state index is 0.523. The van der Waals surface area contributed by atoms with Crippen LogP contribution in [0.5, 0.6) is 0 Å². The van der Waals surface area contributed by atoms with Gasteiger partial charge in [0.1, 0.15) is 11.3 Å². The molecular weight excluding hydrogens is 307 g/mol. The molecule has 0 aliphatic heterocycles. The molecule has 21 heavy (non-hydrogen) atoms. The number of benzene rings is 1. The summed E-state index contributed by atoms with van der Waals surface area (Å²) in [6, 6.07) is 6.01. The van der Waals surface area contributed by atoms with Crippen LogP contribution < -0.4 is 0 Å². The fraction of sp³-hybridized carbons (Fsp3) is 0.333. The molecule has 0 atom stereocenters. The molecule has 0 saturated carbocycles. The van der Waals surface area contributed by atoms with Gasteiger partial charge in [-0.05, 0) is 31.5 Å². The van der Waals surface area contributed by atoms with E-state index in [2.05, 4.69) is 9.67 Å². The highest BCUT2D eigenvalue weighted by Crippen LogP contribution is 2.26. The van der Waals surface area contributed by atoms with Gasteiger partial charge >= 0.3 is 0 Å². The van der Waals surface area contributed by atoms with Crippen molar-refractivity contribution >= 4 is 34.4 Å². The fourth-order valence-corrected chi connectivity index (χ4v) is 2.91. The van der Waals surface area contributed by atoms with Crippen molar-refractivity contribution in [2.75, 3.05) is 5.88 Å². The number of aromatic nitrogens is 4. The second-order valence-corrected chi connectivity index (χ2v) is 5.90. The zero-order valence-corrected chi connectivity index (χ0v) is 13.7. The molecule has 0 radical (unpaired) electrons. The van der Waals surface area contributed by atoms with E-state index < -0.39 is 0 Å². The highest BCUT2D eigenvalue weighted by molar-refractivity contribution is 6.31. The van der Waals surface area contributed by atoms with Gasteiger partial charge in [-0.1, -0.05) is 17.7 Å². The molecule has 4 nitrogen and oxygen atoms in total. The Labute approximate surface area is 133 Å². The molecule has 2 heterocycles. The summed E-state index contributed by atoms with van der Waals surface area (Å²) < 4.78 is 3.94. The predicted molar refractivity (Wildman–Crippen MR) is 86.7 cm³/mol. The fourth-order valence-electron chi connectivity index (χ4n) is 2.56. The van der Waals surface area contributed by atoms with E-state index in [1.165, 1.54) is 0 Å². The average Bonchev–Trinajstić information content (AvgIpc) is 2.93. The van der Waals surface area contributed by atoms with E-state index >= 15 is 0 Å². The van der Waals surface area contributed by atoms with Crippen LogP contribution in [0.1, 0.15) is 17.1 Å². The smallest absolute Gasteiger partial charge is 0.163 e. The molecule has 0 N–H and O–H groups in total. The number of hydrogen-bond acceptors (Lipinski definition) is 2. The molecule has 110 valence electrons. The van der Waals surface area contributed by atoms with Crippen LogP contribution in [0.25, 0.3) is 16.9 Å². The Bertz CT molecular complexity index is 817. The minimum Gasteiger partial charge on any atom is -0.281 e. The lowest BCUT2D eigenvalue weighted by Gasteiger charge is -2.10. The SMILES string of the molecule is Cc1ccc(-n2c(CCCl)nc3c(C)nn(C)c32)cc1Cl. The Morgan fingerprint density at radius 1 is 1.24 bits per heavy atom. The summed E-state index contributed by atoms with van der Waals surface area (Å²) in [6.07, 6.45) is 0.696. The molecule has 1 aromatic carbocycles. The quantitative estimate of drug-likeness (QED) is 0.687. The first-order chi connectivity index (χ1) is 10.0. The maximum absolute atomic E-state index is 6.27. The van der Waals surface area contributed by atoms with Crippen molar-refractivity contribution in [2.45, 2.75) is 20.3 Å². The van der Waals surface area contributed by atoms with Crippen LogP contribution in [0.3, 0.4) is 0 Å². The normalized spacial score (nSPS) is 11.5. The number of halogens is 2. The lowest BCUT2D eigenvalue weighted by atomic mass is 10.2. The molecule has 6 heteroatoms. The number of alkyl halides is 1. The summed E-state index contributed by atoms with van der Waals surface area (Å²) in [6.45, 7) is 3.95. The van der Waals surface area contributed by atoms with Gasteiger partial charge in [0.25, 0.3) is 0 Å². The summed E-state index contributed by atoms with van der Waals surface area (Å²) in [5, 5.41) is 5.19. The van der Waals surface area contributed by atoms with Crippen LogP contribution in [-0.4, -0.2) is 25.2 Å². The molecule has 0 fully saturated rings. The Morgan fingerprint density at radius 3 is 2.67 bits per heavy atom. The molecule has 0 bridgehead atoms. The lowest BCUT2D eigenvalue weighted by Crippen LogP contribution is -2.06. The third-order valence-corrected chi connectivity index (χ3v) is 4.20. The highest BCUT2D eigenvalue weighted by atomic mass is 35.5. The molecule has 0 unspecified atom stereocenters. The van der Waals surface area contributed by atoms with E-state index in [-0.39, 0.29) is 0 Å². The molecule has 0 amide bonds. The van der Waals surface area contributed by atoms with Crippen molar-refractivity contribution in [1.29, 1.82) is 0 Å². The van der Waals surface area contributed by atoms with Crippen LogP contribution in [0.15, 0.2) is 18.2 Å². The first kappa shape index (κ1) is 14.4. The number of aryl methyl sites for hydroxylation is 4. The topological polar surface area (TPSA) is 35.6 Å². The third kappa shape index (κ3) is 2.32. The molecule has 0 aliphatic rings. The second-order valence-electron chi connectivity index (χ2n) is 5.12. The van der Waals surface area contributed by atoms with Gasteiger partial charge in [0.2, 0.25) is 0 Å². The Morgan fingerprint density at radius 2 is 2.00 bits per heavy atom. The van der Waals surface area contributed by atoms with Crippen molar-refractivity contribution in [3.05, 3.63) is 40.3 Å². The van der Waals surface area contributed by atoms with E-state index in [1.54, 1.807) is 0 Å². The molecule has 0 saturated heterocycles. The maximum atomic E-state index is 6.27. The summed E-state index contributed by atoms with van der Waals surface area (Å²) in [7, 11) is 1.92. The van der Waals surface area contributed by atoms with Crippen LogP contribution in [0, 0.1) is 13.8 Å². The number of imidazole rings is 1. The largest absolute Gasteiger partial charge is 0.281 e. The number of fused-ring (bicyclic) bond motifs is 1. The average molecular weight is 323 g/mol. The molecule has 0 spiro atoms. The molecule has 2 aromatic heterocycles. The van der Waals surface area contributed by atoms with Crippen molar-refractivity contribution in [3.63, 3.8) is 0 Å². The molecule has 3 rings (SSSR count). The minimum absolute atomic E-state index is 0.523. The molecular formula is C15H16Cl2N4. The van der Waals surface area contributed by atoms with Crippen LogP contribution >= 0.6 is 23.2 Å². The summed E-state index contributed by atoms with van der Waals surface area (Å²) in [5.41, 5.74) is 4.83. The molecule has 3 aromatic rings. The van der Waals surface area contributed by atoms with E-state index in [9.17, 15) is 0 Å². The van der Waals surface area contributed by atoms with Gasteiger partial charge in [-0.2, -0.15) is 5.10 Å². The zero-order valence-electron chi connectivity index (χ0n) is 12.2. The van der Waals surface area contributed by atoms with Crippen LogP contribution in [0.2, 0.25) is 5.02 Å². The number of nitrogens with zero attached hydrogens (tertiary/aromatic N) is 4. The van der Waals surface area contributed by atoms with Crippen molar-refractivity contribution in [3.8, 4) is 5.69 Å². The van der Waals surface area contributed by atoms with E-state index in [0.29, 0.717) is 12.3 Å². The standard InChI is InChI=1S/C15H16Cl2N4/c1-9-4-5-11(8-12(9)17)21-13(6-7-16)18-14-10(2)19-20(3)15(14)21/h4-5,8H,6-7H2,1-3H3. The van der Waals surface area contributed by atoms with Gasteiger partial charge in [-0.25, -0.2) is 9.67 Å². The van der Waals surface area contributed by atoms with Crippen molar-refractivity contribution in [2.24, 2.45) is 7.05 Å². The van der Waals surface area contributed by atoms with E-state index in [1.807, 2.05) is 43.8 Å². The zero-order chi connectivity index (χ0) is 15.1. The first-order valence-corrected chi connectivity index (χ1v) is 7.67.